The molecule has 3 N–H and O–H groups in total. The van der Waals surface area contributed by atoms with Crippen LogP contribution in [0.25, 0.3) is 0 Å². The smallest absolute Gasteiger partial charge is 0.325 e. The van der Waals surface area contributed by atoms with Crippen LogP contribution in [0, 0.1) is 28.6 Å². The highest BCUT2D eigenvalue weighted by atomic mass is 31.2. The molecule has 0 bridgehead atoms. The zero-order valence-corrected chi connectivity index (χ0v) is 19.8. The van der Waals surface area contributed by atoms with Gasteiger partial charge in [-0.05, 0) is 56.6 Å². The normalized spacial score (nSPS) is 49.5. The summed E-state index contributed by atoms with van der Waals surface area (Å²) >= 11 is 0. The third kappa shape index (κ3) is 2.96. The Hall–Kier alpha value is -1.18. The molecule has 4 rings (SSSR count). The summed E-state index contributed by atoms with van der Waals surface area (Å²) < 4.78 is 33.4. The summed E-state index contributed by atoms with van der Waals surface area (Å²) in [5.74, 6) is -2.49. The maximum absolute atomic E-state index is 17.0. The SMILES string of the molecule is C[C@H]1C[C@H]2[C@@H]3CCC4=CC(=O)C=C[C@]4(C)[C@@]3(F)[C@@H](O)C[C@]2(C)[C@@]1(O)C(=O)COP(C)(=O)O. The number of carbonyl (C=O) groups is 2. The summed E-state index contributed by atoms with van der Waals surface area (Å²) in [5.41, 5.74) is -5.59. The number of aliphatic hydroxyl groups is 2. The molecule has 0 amide bonds. The third-order valence-corrected chi connectivity index (χ3v) is 9.69. The Balaban J connectivity index is 1.74. The van der Waals surface area contributed by atoms with E-state index in [9.17, 15) is 29.3 Å². The number of rotatable bonds is 4. The van der Waals surface area contributed by atoms with E-state index in [2.05, 4.69) is 0 Å². The molecular formula is C23H32FO7P. The van der Waals surface area contributed by atoms with Gasteiger partial charge in [0.15, 0.2) is 17.2 Å². The molecule has 4 aliphatic carbocycles. The number of halogens is 1. The average Bonchev–Trinajstić information content (AvgIpc) is 2.89. The van der Waals surface area contributed by atoms with Gasteiger partial charge in [-0.25, -0.2) is 4.39 Å². The minimum Gasteiger partial charge on any atom is -0.390 e. The fraction of sp³-hybridized carbons (Fsp3) is 0.739. The van der Waals surface area contributed by atoms with E-state index in [1.54, 1.807) is 26.8 Å². The van der Waals surface area contributed by atoms with Crippen LogP contribution in [0.2, 0.25) is 0 Å². The van der Waals surface area contributed by atoms with E-state index >= 15 is 4.39 Å². The molecule has 3 saturated carbocycles. The molecule has 0 aromatic rings. The van der Waals surface area contributed by atoms with E-state index in [1.165, 1.54) is 12.2 Å². The second-order valence-electron chi connectivity index (χ2n) is 10.7. The maximum Gasteiger partial charge on any atom is 0.325 e. The van der Waals surface area contributed by atoms with Crippen LogP contribution in [-0.4, -0.2) is 57.3 Å². The number of hydrogen-bond acceptors (Lipinski definition) is 6. The van der Waals surface area contributed by atoms with Gasteiger partial charge >= 0.3 is 7.60 Å². The van der Waals surface area contributed by atoms with E-state index in [0.29, 0.717) is 24.8 Å². The second kappa shape index (κ2) is 7.16. The Kier molecular flexibility index (Phi) is 5.36. The summed E-state index contributed by atoms with van der Waals surface area (Å²) in [6.45, 7) is 5.37. The molecule has 0 aromatic heterocycles. The van der Waals surface area contributed by atoms with Crippen molar-refractivity contribution < 1.29 is 38.2 Å². The lowest BCUT2D eigenvalue weighted by atomic mass is 9.44. The molecule has 0 radical (unpaired) electrons. The van der Waals surface area contributed by atoms with Gasteiger partial charge in [0.1, 0.15) is 12.2 Å². The minimum atomic E-state index is -3.93. The second-order valence-corrected chi connectivity index (χ2v) is 12.5. The van der Waals surface area contributed by atoms with Crippen molar-refractivity contribution in [3.05, 3.63) is 23.8 Å². The van der Waals surface area contributed by atoms with Gasteiger partial charge in [-0.15, -0.1) is 0 Å². The molecule has 7 nitrogen and oxygen atoms in total. The number of alkyl halides is 1. The van der Waals surface area contributed by atoms with Crippen LogP contribution in [-0.2, 0) is 18.7 Å². The van der Waals surface area contributed by atoms with Gasteiger partial charge in [0.25, 0.3) is 0 Å². The Bertz CT molecular complexity index is 971. The van der Waals surface area contributed by atoms with E-state index < -0.39 is 65.9 Å². The van der Waals surface area contributed by atoms with E-state index in [1.807, 2.05) is 0 Å². The number of ketones is 2. The van der Waals surface area contributed by atoms with Crippen molar-refractivity contribution in [3.8, 4) is 0 Å². The van der Waals surface area contributed by atoms with Gasteiger partial charge in [-0.1, -0.05) is 25.5 Å². The molecule has 0 aliphatic heterocycles. The van der Waals surface area contributed by atoms with Crippen LogP contribution in [0.1, 0.15) is 46.5 Å². The first-order chi connectivity index (χ1) is 14.6. The van der Waals surface area contributed by atoms with Crippen LogP contribution in [0.4, 0.5) is 4.39 Å². The molecule has 4 aliphatic rings. The molecule has 9 atom stereocenters. The van der Waals surface area contributed by atoms with Gasteiger partial charge in [-0.2, -0.15) is 0 Å². The minimum absolute atomic E-state index is 0.148. The topological polar surface area (TPSA) is 121 Å². The van der Waals surface area contributed by atoms with Gasteiger partial charge in [0.2, 0.25) is 0 Å². The number of Topliss-reactive ketones (excluding diaryl/α,β-unsaturated/α-hetero) is 1. The molecule has 0 heterocycles. The quantitative estimate of drug-likeness (QED) is 0.540. The lowest BCUT2D eigenvalue weighted by molar-refractivity contribution is -0.219. The molecule has 178 valence electrons. The van der Waals surface area contributed by atoms with Gasteiger partial charge < -0.3 is 19.6 Å². The highest BCUT2D eigenvalue weighted by Gasteiger charge is 2.75. The first-order valence-corrected chi connectivity index (χ1v) is 13.2. The van der Waals surface area contributed by atoms with Crippen LogP contribution >= 0.6 is 7.60 Å². The van der Waals surface area contributed by atoms with Crippen LogP contribution in [0.3, 0.4) is 0 Å². The number of carbonyl (C=O) groups excluding carboxylic acids is 2. The summed E-state index contributed by atoms with van der Waals surface area (Å²) in [6.07, 6.45) is 4.02. The molecule has 3 fully saturated rings. The predicted octanol–water partition coefficient (Wildman–Crippen LogP) is 2.74. The summed E-state index contributed by atoms with van der Waals surface area (Å²) in [7, 11) is -3.93. The van der Waals surface area contributed by atoms with Crippen LogP contribution in [0.5, 0.6) is 0 Å². The molecule has 32 heavy (non-hydrogen) atoms. The van der Waals surface area contributed by atoms with E-state index in [4.69, 9.17) is 4.52 Å². The molecule has 0 spiro atoms. The predicted molar refractivity (Wildman–Crippen MR) is 115 cm³/mol. The van der Waals surface area contributed by atoms with Crippen molar-refractivity contribution in [2.75, 3.05) is 13.3 Å². The lowest BCUT2D eigenvalue weighted by Gasteiger charge is -2.62. The molecule has 1 unspecified atom stereocenters. The first-order valence-electron chi connectivity index (χ1n) is 11.1. The maximum atomic E-state index is 17.0. The third-order valence-electron chi connectivity index (χ3n) is 9.08. The van der Waals surface area contributed by atoms with Crippen LogP contribution in [0.15, 0.2) is 23.8 Å². The highest BCUT2D eigenvalue weighted by Crippen LogP contribution is 2.70. The van der Waals surface area contributed by atoms with E-state index in [-0.39, 0.29) is 12.2 Å². The standard InChI is InChI=1S/C23H32FO7P/c1-13-9-17-16-6-5-14-10-15(25)7-8-20(14,2)22(16,24)18(26)11-21(17,3)23(13,28)19(27)12-31-32(4,29)30/h7-8,10,13,16-18,26,28H,5-6,9,11-12H2,1-4H3,(H,29,30)/t13-,16-,17-,18-,20-,21-,22-,23-/m0/s1. The van der Waals surface area contributed by atoms with Crippen LogP contribution < -0.4 is 0 Å². The molecule has 0 aromatic carbocycles. The number of hydrogen-bond donors (Lipinski definition) is 3. The Morgan fingerprint density at radius 2 is 2.00 bits per heavy atom. The largest absolute Gasteiger partial charge is 0.390 e. The van der Waals surface area contributed by atoms with Crippen molar-refractivity contribution in [1.82, 2.24) is 0 Å². The fourth-order valence-corrected chi connectivity index (χ4v) is 7.79. The fourth-order valence-electron chi connectivity index (χ4n) is 7.43. The molecule has 9 heteroatoms. The highest BCUT2D eigenvalue weighted by molar-refractivity contribution is 7.51. The number of aliphatic hydroxyl groups excluding tert-OH is 1. The average molecular weight is 470 g/mol. The summed E-state index contributed by atoms with van der Waals surface area (Å²) in [6, 6.07) is 0. The molecular weight excluding hydrogens is 438 g/mol. The zero-order valence-electron chi connectivity index (χ0n) is 18.9. The Labute approximate surface area is 187 Å². The van der Waals surface area contributed by atoms with Crippen molar-refractivity contribution in [2.45, 2.75) is 63.8 Å². The summed E-state index contributed by atoms with van der Waals surface area (Å²) in [4.78, 5) is 34.4. The van der Waals surface area contributed by atoms with Crippen molar-refractivity contribution in [1.29, 1.82) is 0 Å². The van der Waals surface area contributed by atoms with Gasteiger partial charge in [-0.3, -0.25) is 14.2 Å². The van der Waals surface area contributed by atoms with Crippen molar-refractivity contribution in [2.24, 2.45) is 28.6 Å². The monoisotopic (exact) mass is 470 g/mol. The summed E-state index contributed by atoms with van der Waals surface area (Å²) in [5, 5.41) is 22.9. The first kappa shape index (κ1) is 24.0. The number of allylic oxidation sites excluding steroid dienone is 4. The van der Waals surface area contributed by atoms with Gasteiger partial charge in [0, 0.05) is 23.4 Å². The Morgan fingerprint density at radius 3 is 2.62 bits per heavy atom. The van der Waals surface area contributed by atoms with E-state index in [0.717, 1.165) is 6.66 Å². The lowest BCUT2D eigenvalue weighted by Crippen LogP contribution is -2.69. The van der Waals surface area contributed by atoms with Gasteiger partial charge in [0.05, 0.1) is 6.10 Å². The zero-order chi connectivity index (χ0) is 23.9. The number of fused-ring (bicyclic) bond motifs is 5. The van der Waals surface area contributed by atoms with Crippen molar-refractivity contribution in [3.63, 3.8) is 0 Å². The van der Waals surface area contributed by atoms with Crippen molar-refractivity contribution >= 4 is 19.2 Å². The Morgan fingerprint density at radius 1 is 1.34 bits per heavy atom. The molecule has 0 saturated heterocycles.